The first-order valence-corrected chi connectivity index (χ1v) is 9.29. The summed E-state index contributed by atoms with van der Waals surface area (Å²) in [5.41, 5.74) is 6.53. The van der Waals surface area contributed by atoms with Gasteiger partial charge in [-0.3, -0.25) is 4.79 Å². The molecule has 1 aliphatic carbocycles. The van der Waals surface area contributed by atoms with Gasteiger partial charge < -0.3 is 10.6 Å². The van der Waals surface area contributed by atoms with Crippen LogP contribution in [0.1, 0.15) is 50.5 Å². The third-order valence-electron chi connectivity index (χ3n) is 5.73. The molecule has 2 aliphatic rings. The molecule has 1 aromatic carbocycles. The van der Waals surface area contributed by atoms with E-state index in [0.717, 1.165) is 68.7 Å². The van der Waals surface area contributed by atoms with Gasteiger partial charge in [-0.2, -0.15) is 0 Å². The van der Waals surface area contributed by atoms with E-state index in [-0.39, 0.29) is 5.41 Å². The summed E-state index contributed by atoms with van der Waals surface area (Å²) in [4.78, 5) is 15.5. The molecular weight excluding hydrogens is 308 g/mol. The van der Waals surface area contributed by atoms with Crippen LogP contribution in [-0.2, 0) is 10.2 Å². The van der Waals surface area contributed by atoms with Crippen LogP contribution < -0.4 is 5.73 Å². The van der Waals surface area contributed by atoms with E-state index in [1.165, 1.54) is 6.42 Å². The molecule has 0 unspecified atom stereocenters. The standard InChI is InChI=1S/C19H27ClN2O/c20-17-6-4-5-16(13-17)19(9-2-1-3-10-19)18(23)22-11-7-15(14-21)8-12-22/h4-6,13,15H,1-3,7-12,14,21H2. The van der Waals surface area contributed by atoms with Crippen LogP contribution in [0, 0.1) is 5.92 Å². The van der Waals surface area contributed by atoms with E-state index < -0.39 is 0 Å². The second-order valence-electron chi connectivity index (χ2n) is 7.12. The predicted octanol–water partition coefficient (Wildman–Crippen LogP) is 3.74. The Morgan fingerprint density at radius 2 is 1.91 bits per heavy atom. The molecule has 0 bridgehead atoms. The van der Waals surface area contributed by atoms with Crippen molar-refractivity contribution in [3.05, 3.63) is 34.9 Å². The third kappa shape index (κ3) is 3.41. The molecule has 2 N–H and O–H groups in total. The lowest BCUT2D eigenvalue weighted by molar-refractivity contribution is -0.140. The minimum Gasteiger partial charge on any atom is -0.342 e. The van der Waals surface area contributed by atoms with Gasteiger partial charge in [0.15, 0.2) is 0 Å². The van der Waals surface area contributed by atoms with Crippen LogP contribution in [0.25, 0.3) is 0 Å². The maximum atomic E-state index is 13.4. The molecule has 0 aromatic heterocycles. The van der Waals surface area contributed by atoms with E-state index in [9.17, 15) is 4.79 Å². The molecule has 0 atom stereocenters. The van der Waals surface area contributed by atoms with Gasteiger partial charge in [0.2, 0.25) is 5.91 Å². The molecule has 1 aromatic rings. The molecule has 1 aliphatic heterocycles. The quantitative estimate of drug-likeness (QED) is 0.915. The van der Waals surface area contributed by atoms with Gasteiger partial charge in [0.05, 0.1) is 5.41 Å². The highest BCUT2D eigenvalue weighted by Gasteiger charge is 2.44. The largest absolute Gasteiger partial charge is 0.342 e. The van der Waals surface area contributed by atoms with Crippen LogP contribution in [0.5, 0.6) is 0 Å². The molecular formula is C19H27ClN2O. The Hall–Kier alpha value is -1.06. The first-order chi connectivity index (χ1) is 11.2. The molecule has 126 valence electrons. The number of halogens is 1. The number of likely N-dealkylation sites (tertiary alicyclic amines) is 1. The number of hydrogen-bond donors (Lipinski definition) is 1. The van der Waals surface area contributed by atoms with Gasteiger partial charge >= 0.3 is 0 Å². The second kappa shape index (κ2) is 7.23. The Bertz CT molecular complexity index is 546. The van der Waals surface area contributed by atoms with E-state index in [4.69, 9.17) is 17.3 Å². The zero-order valence-corrected chi connectivity index (χ0v) is 14.5. The minimum absolute atomic E-state index is 0.315. The minimum atomic E-state index is -0.362. The van der Waals surface area contributed by atoms with Crippen molar-refractivity contribution < 1.29 is 4.79 Å². The Balaban J connectivity index is 1.85. The summed E-state index contributed by atoms with van der Waals surface area (Å²) in [6.07, 6.45) is 7.44. The lowest BCUT2D eigenvalue weighted by atomic mass is 9.68. The summed E-state index contributed by atoms with van der Waals surface area (Å²) in [5, 5.41) is 0.724. The van der Waals surface area contributed by atoms with E-state index in [1.807, 2.05) is 18.2 Å². The van der Waals surface area contributed by atoms with E-state index >= 15 is 0 Å². The van der Waals surface area contributed by atoms with Crippen LogP contribution in [-0.4, -0.2) is 30.4 Å². The van der Waals surface area contributed by atoms with E-state index in [2.05, 4.69) is 11.0 Å². The molecule has 23 heavy (non-hydrogen) atoms. The molecule has 4 heteroatoms. The van der Waals surface area contributed by atoms with Crippen molar-refractivity contribution in [2.45, 2.75) is 50.4 Å². The van der Waals surface area contributed by atoms with Crippen molar-refractivity contribution in [3.63, 3.8) is 0 Å². The van der Waals surface area contributed by atoms with Gasteiger partial charge in [-0.15, -0.1) is 0 Å². The summed E-state index contributed by atoms with van der Waals surface area (Å²) in [6, 6.07) is 7.94. The number of nitrogens with zero attached hydrogens (tertiary/aromatic N) is 1. The second-order valence-corrected chi connectivity index (χ2v) is 7.56. The van der Waals surface area contributed by atoms with Gasteiger partial charge in [-0.1, -0.05) is 43.0 Å². The molecule has 1 saturated carbocycles. The lowest BCUT2D eigenvalue weighted by Gasteiger charge is -2.42. The molecule has 2 fully saturated rings. The van der Waals surface area contributed by atoms with Crippen LogP contribution >= 0.6 is 11.6 Å². The van der Waals surface area contributed by atoms with Gasteiger partial charge in [-0.25, -0.2) is 0 Å². The number of hydrogen-bond acceptors (Lipinski definition) is 2. The highest BCUT2D eigenvalue weighted by molar-refractivity contribution is 6.30. The summed E-state index contributed by atoms with van der Waals surface area (Å²) < 4.78 is 0. The fourth-order valence-corrected chi connectivity index (χ4v) is 4.43. The molecule has 1 saturated heterocycles. The molecule has 0 radical (unpaired) electrons. The zero-order valence-electron chi connectivity index (χ0n) is 13.8. The first kappa shape index (κ1) is 16.8. The molecule has 3 rings (SSSR count). The normalized spacial score (nSPS) is 22.1. The Kier molecular flexibility index (Phi) is 5.27. The topological polar surface area (TPSA) is 46.3 Å². The third-order valence-corrected chi connectivity index (χ3v) is 5.96. The van der Waals surface area contributed by atoms with E-state index in [0.29, 0.717) is 11.8 Å². The first-order valence-electron chi connectivity index (χ1n) is 8.91. The maximum Gasteiger partial charge on any atom is 0.233 e. The van der Waals surface area contributed by atoms with Crippen LogP contribution in [0.15, 0.2) is 24.3 Å². The SMILES string of the molecule is NCC1CCN(C(=O)C2(c3cccc(Cl)c3)CCCCC2)CC1. The van der Waals surface area contributed by atoms with Gasteiger partial charge in [0.25, 0.3) is 0 Å². The zero-order chi connectivity index (χ0) is 16.3. The number of amides is 1. The van der Waals surface area contributed by atoms with Crippen LogP contribution in [0.2, 0.25) is 5.02 Å². The number of carbonyl (C=O) groups excluding carboxylic acids is 1. The smallest absolute Gasteiger partial charge is 0.233 e. The Morgan fingerprint density at radius 3 is 2.52 bits per heavy atom. The Morgan fingerprint density at radius 1 is 1.22 bits per heavy atom. The van der Waals surface area contributed by atoms with Crippen molar-refractivity contribution in [2.75, 3.05) is 19.6 Å². The molecule has 1 heterocycles. The average Bonchev–Trinajstić information content (AvgIpc) is 2.62. The van der Waals surface area contributed by atoms with Crippen molar-refractivity contribution >= 4 is 17.5 Å². The fraction of sp³-hybridized carbons (Fsp3) is 0.632. The highest BCUT2D eigenvalue weighted by Crippen LogP contribution is 2.42. The highest BCUT2D eigenvalue weighted by atomic mass is 35.5. The summed E-state index contributed by atoms with van der Waals surface area (Å²) in [6.45, 7) is 2.44. The predicted molar refractivity (Wildman–Crippen MR) is 94.6 cm³/mol. The van der Waals surface area contributed by atoms with Crippen molar-refractivity contribution in [3.8, 4) is 0 Å². The lowest BCUT2D eigenvalue weighted by Crippen LogP contribution is -2.51. The number of nitrogens with two attached hydrogens (primary N) is 1. The summed E-state index contributed by atoms with van der Waals surface area (Å²) in [7, 11) is 0. The molecule has 0 spiro atoms. The number of benzene rings is 1. The van der Waals surface area contributed by atoms with Crippen molar-refractivity contribution in [2.24, 2.45) is 11.7 Å². The van der Waals surface area contributed by atoms with E-state index in [1.54, 1.807) is 0 Å². The number of carbonyl (C=O) groups is 1. The van der Waals surface area contributed by atoms with Gasteiger partial charge in [0.1, 0.15) is 0 Å². The summed E-state index contributed by atoms with van der Waals surface area (Å²) >= 11 is 6.22. The molecule has 1 amide bonds. The number of piperidine rings is 1. The van der Waals surface area contributed by atoms with Crippen LogP contribution in [0.3, 0.4) is 0 Å². The summed E-state index contributed by atoms with van der Waals surface area (Å²) in [5.74, 6) is 0.891. The van der Waals surface area contributed by atoms with Crippen molar-refractivity contribution in [1.82, 2.24) is 4.90 Å². The maximum absolute atomic E-state index is 13.4. The Labute approximate surface area is 144 Å². The van der Waals surface area contributed by atoms with Gasteiger partial charge in [0, 0.05) is 18.1 Å². The fourth-order valence-electron chi connectivity index (χ4n) is 4.24. The van der Waals surface area contributed by atoms with Gasteiger partial charge in [-0.05, 0) is 55.8 Å². The average molecular weight is 335 g/mol. The van der Waals surface area contributed by atoms with Crippen LogP contribution in [0.4, 0.5) is 0 Å². The monoisotopic (exact) mass is 334 g/mol. The molecule has 3 nitrogen and oxygen atoms in total. The van der Waals surface area contributed by atoms with Crippen molar-refractivity contribution in [1.29, 1.82) is 0 Å². The number of rotatable bonds is 3.